The number of carbonyl (C=O) groups excluding carboxylic acids is 2. The van der Waals surface area contributed by atoms with Crippen LogP contribution in [0.1, 0.15) is 76.0 Å². The Hall–Kier alpha value is -2.83. The summed E-state index contributed by atoms with van der Waals surface area (Å²) in [6.07, 6.45) is 5.44. The lowest BCUT2D eigenvalue weighted by Crippen LogP contribution is -2.65. The Bertz CT molecular complexity index is 999. The van der Waals surface area contributed by atoms with Crippen molar-refractivity contribution in [2.24, 2.45) is 0 Å². The van der Waals surface area contributed by atoms with Crippen molar-refractivity contribution in [2.45, 2.75) is 83.3 Å². The molecule has 1 fully saturated rings. The average molecular weight is 439 g/mol. The summed E-state index contributed by atoms with van der Waals surface area (Å²) >= 11 is 0. The summed E-state index contributed by atoms with van der Waals surface area (Å²) in [4.78, 5) is 29.1. The van der Waals surface area contributed by atoms with Crippen LogP contribution in [0.25, 0.3) is 0 Å². The lowest BCUT2D eigenvalue weighted by molar-refractivity contribution is -0.127. The maximum Gasteiger partial charge on any atom is 0.277 e. The molecule has 1 unspecified atom stereocenters. The van der Waals surface area contributed by atoms with Crippen molar-refractivity contribution in [3.05, 3.63) is 41.7 Å². The van der Waals surface area contributed by atoms with Crippen molar-refractivity contribution < 1.29 is 14.3 Å². The number of benzene rings is 1. The molecule has 0 radical (unpaired) electrons. The second-order valence-corrected chi connectivity index (χ2v) is 10.2. The van der Waals surface area contributed by atoms with Gasteiger partial charge in [-0.1, -0.05) is 40.0 Å². The second-order valence-electron chi connectivity index (χ2n) is 10.2. The van der Waals surface area contributed by atoms with Crippen LogP contribution in [0.5, 0.6) is 5.75 Å². The highest BCUT2D eigenvalue weighted by Crippen LogP contribution is 2.35. The van der Waals surface area contributed by atoms with Crippen molar-refractivity contribution in [3.8, 4) is 5.75 Å². The highest BCUT2D eigenvalue weighted by atomic mass is 16.5. The molecule has 2 aromatic rings. The van der Waals surface area contributed by atoms with E-state index in [0.29, 0.717) is 23.7 Å². The molecule has 2 amide bonds. The lowest BCUT2D eigenvalue weighted by Gasteiger charge is -2.44. The largest absolute Gasteiger partial charge is 0.497 e. The fraction of sp³-hybridized carbons (Fsp3) is 0.560. The van der Waals surface area contributed by atoms with Gasteiger partial charge in [-0.05, 0) is 50.1 Å². The fourth-order valence-corrected chi connectivity index (χ4v) is 4.67. The van der Waals surface area contributed by atoms with Crippen molar-refractivity contribution >= 4 is 17.5 Å². The summed E-state index contributed by atoms with van der Waals surface area (Å²) in [5.41, 5.74) is 0.719. The smallest absolute Gasteiger partial charge is 0.277 e. The zero-order valence-electron chi connectivity index (χ0n) is 19.8. The van der Waals surface area contributed by atoms with E-state index in [1.807, 2.05) is 37.3 Å². The molecule has 2 aliphatic rings. The molecule has 1 aromatic carbocycles. The standard InChI is InChI=1S/C25H34N4O3/c1-24(2,3)21-15-20-22(30)29(18-11-13-19(32-5)14-12-18)25(4,16-28(20)27-21)23(31)26-17-9-7-6-8-10-17/h11-15,17H,6-10,16H2,1-5H3,(H,26,31). The normalized spacial score (nSPS) is 21.9. The Morgan fingerprint density at radius 2 is 1.81 bits per heavy atom. The minimum Gasteiger partial charge on any atom is -0.497 e. The predicted octanol–water partition coefficient (Wildman–Crippen LogP) is 4.06. The zero-order valence-corrected chi connectivity index (χ0v) is 19.8. The number of aromatic nitrogens is 2. The minimum absolute atomic E-state index is 0.132. The van der Waals surface area contributed by atoms with Gasteiger partial charge < -0.3 is 10.1 Å². The number of hydrogen-bond donors (Lipinski definition) is 1. The van der Waals surface area contributed by atoms with Gasteiger partial charge in [0, 0.05) is 17.1 Å². The van der Waals surface area contributed by atoms with E-state index >= 15 is 0 Å². The van der Waals surface area contributed by atoms with Crippen LogP contribution in [0, 0.1) is 0 Å². The van der Waals surface area contributed by atoms with E-state index in [1.54, 1.807) is 16.7 Å². The molecule has 7 nitrogen and oxygen atoms in total. The number of carbonyl (C=O) groups is 2. The van der Waals surface area contributed by atoms with Crippen LogP contribution >= 0.6 is 0 Å². The maximum atomic E-state index is 13.8. The molecule has 0 saturated heterocycles. The van der Waals surface area contributed by atoms with E-state index in [1.165, 1.54) is 6.42 Å². The van der Waals surface area contributed by atoms with Gasteiger partial charge in [-0.25, -0.2) is 0 Å². The molecular weight excluding hydrogens is 404 g/mol. The molecule has 4 rings (SSSR count). The lowest BCUT2D eigenvalue weighted by atomic mass is 9.90. The molecule has 1 N–H and O–H groups in total. The first-order chi connectivity index (χ1) is 15.1. The van der Waals surface area contributed by atoms with Crippen LogP contribution in [-0.2, 0) is 16.8 Å². The Balaban J connectivity index is 1.75. The Labute approximate surface area is 190 Å². The van der Waals surface area contributed by atoms with Crippen LogP contribution < -0.4 is 15.0 Å². The molecule has 1 saturated carbocycles. The maximum absolute atomic E-state index is 13.8. The molecule has 2 heterocycles. The molecule has 32 heavy (non-hydrogen) atoms. The molecule has 1 aliphatic heterocycles. The van der Waals surface area contributed by atoms with Crippen LogP contribution in [0.4, 0.5) is 5.69 Å². The second kappa shape index (κ2) is 8.26. The third-order valence-corrected chi connectivity index (χ3v) is 6.68. The van der Waals surface area contributed by atoms with Crippen molar-refractivity contribution in [2.75, 3.05) is 12.0 Å². The molecule has 172 valence electrons. The summed E-state index contributed by atoms with van der Waals surface area (Å²) in [7, 11) is 1.61. The molecule has 1 atom stereocenters. The van der Waals surface area contributed by atoms with E-state index < -0.39 is 5.54 Å². The first-order valence-electron chi connectivity index (χ1n) is 11.5. The SMILES string of the molecule is COc1ccc(N2C(=O)c3cc(C(C)(C)C)nn3CC2(C)C(=O)NC2CCCCC2)cc1. The Morgan fingerprint density at radius 1 is 1.16 bits per heavy atom. The molecule has 7 heteroatoms. The monoisotopic (exact) mass is 438 g/mol. The number of rotatable bonds is 4. The van der Waals surface area contributed by atoms with Gasteiger partial charge in [0.2, 0.25) is 5.91 Å². The molecule has 1 aliphatic carbocycles. The van der Waals surface area contributed by atoms with Gasteiger partial charge in [-0.2, -0.15) is 5.10 Å². The number of hydrogen-bond acceptors (Lipinski definition) is 4. The quantitative estimate of drug-likeness (QED) is 0.781. The highest BCUT2D eigenvalue weighted by molar-refractivity contribution is 6.11. The third kappa shape index (κ3) is 4.00. The van der Waals surface area contributed by atoms with E-state index in [2.05, 4.69) is 26.1 Å². The number of ether oxygens (including phenoxy) is 1. The van der Waals surface area contributed by atoms with Gasteiger partial charge in [-0.3, -0.25) is 19.2 Å². The summed E-state index contributed by atoms with van der Waals surface area (Å²) in [5.74, 6) is 0.351. The molecule has 0 bridgehead atoms. The van der Waals surface area contributed by atoms with Gasteiger partial charge in [0.25, 0.3) is 5.91 Å². The number of anilines is 1. The van der Waals surface area contributed by atoms with Crippen LogP contribution in [0.2, 0.25) is 0 Å². The number of fused-ring (bicyclic) bond motifs is 1. The van der Waals surface area contributed by atoms with E-state index in [4.69, 9.17) is 9.84 Å². The number of amides is 2. The number of nitrogens with zero attached hydrogens (tertiary/aromatic N) is 3. The number of methoxy groups -OCH3 is 1. The predicted molar refractivity (Wildman–Crippen MR) is 124 cm³/mol. The van der Waals surface area contributed by atoms with E-state index in [-0.39, 0.29) is 23.3 Å². The Kier molecular flexibility index (Phi) is 5.77. The first-order valence-corrected chi connectivity index (χ1v) is 11.5. The van der Waals surface area contributed by atoms with Gasteiger partial charge in [0.1, 0.15) is 17.0 Å². The van der Waals surface area contributed by atoms with Crippen molar-refractivity contribution in [1.82, 2.24) is 15.1 Å². The minimum atomic E-state index is -1.10. The summed E-state index contributed by atoms with van der Waals surface area (Å²) in [5, 5.41) is 7.96. The summed E-state index contributed by atoms with van der Waals surface area (Å²) < 4.78 is 7.00. The van der Waals surface area contributed by atoms with Gasteiger partial charge in [0.05, 0.1) is 19.3 Å². The summed E-state index contributed by atoms with van der Waals surface area (Å²) in [6.45, 7) is 8.36. The van der Waals surface area contributed by atoms with E-state index in [9.17, 15) is 9.59 Å². The number of nitrogens with one attached hydrogen (secondary N) is 1. The highest BCUT2D eigenvalue weighted by Gasteiger charge is 2.49. The fourth-order valence-electron chi connectivity index (χ4n) is 4.67. The van der Waals surface area contributed by atoms with Crippen molar-refractivity contribution in [1.29, 1.82) is 0 Å². The van der Waals surface area contributed by atoms with Crippen molar-refractivity contribution in [3.63, 3.8) is 0 Å². The summed E-state index contributed by atoms with van der Waals surface area (Å²) in [6, 6.07) is 9.31. The van der Waals surface area contributed by atoms with Gasteiger partial charge >= 0.3 is 0 Å². The van der Waals surface area contributed by atoms with Crippen LogP contribution in [0.15, 0.2) is 30.3 Å². The first kappa shape index (κ1) is 22.4. The van der Waals surface area contributed by atoms with Gasteiger partial charge in [-0.15, -0.1) is 0 Å². The van der Waals surface area contributed by atoms with E-state index in [0.717, 1.165) is 31.4 Å². The Morgan fingerprint density at radius 3 is 2.41 bits per heavy atom. The average Bonchev–Trinajstić information content (AvgIpc) is 3.19. The van der Waals surface area contributed by atoms with Crippen LogP contribution in [-0.4, -0.2) is 40.3 Å². The van der Waals surface area contributed by atoms with Crippen LogP contribution in [0.3, 0.4) is 0 Å². The zero-order chi connectivity index (χ0) is 23.1. The molecule has 0 spiro atoms. The van der Waals surface area contributed by atoms with Gasteiger partial charge in [0.15, 0.2) is 0 Å². The molecular formula is C25H34N4O3. The topological polar surface area (TPSA) is 76.5 Å². The third-order valence-electron chi connectivity index (χ3n) is 6.68. The molecule has 1 aromatic heterocycles.